The molecule has 92 valence electrons. The van der Waals surface area contributed by atoms with Gasteiger partial charge in [-0.3, -0.25) is 4.79 Å². The second kappa shape index (κ2) is 5.64. The molecule has 0 radical (unpaired) electrons. The quantitative estimate of drug-likeness (QED) is 0.765. The molecule has 1 heterocycles. The van der Waals surface area contributed by atoms with Gasteiger partial charge in [-0.2, -0.15) is 0 Å². The van der Waals surface area contributed by atoms with Crippen LogP contribution in [0.4, 0.5) is 0 Å². The van der Waals surface area contributed by atoms with Gasteiger partial charge in [-0.15, -0.1) is 0 Å². The van der Waals surface area contributed by atoms with Crippen LogP contribution in [-0.4, -0.2) is 36.4 Å². The molecule has 4 heteroatoms. The van der Waals surface area contributed by atoms with E-state index in [0.717, 1.165) is 51.7 Å². The lowest BCUT2D eigenvalue weighted by molar-refractivity contribution is -0.143. The summed E-state index contributed by atoms with van der Waals surface area (Å²) in [6, 6.07) is 0.813. The molecule has 1 aliphatic heterocycles. The van der Waals surface area contributed by atoms with Gasteiger partial charge in [0.25, 0.3) is 0 Å². The number of carbonyl (C=O) groups is 1. The van der Waals surface area contributed by atoms with Crippen molar-refractivity contribution in [3.05, 3.63) is 0 Å². The van der Waals surface area contributed by atoms with Crippen LogP contribution in [0.2, 0.25) is 0 Å². The topological polar surface area (TPSA) is 58.6 Å². The standard InChI is InChI=1S/C12H21NO3/c14-12(15)9-3-1-4-10(7-9)13-11-5-2-6-16-8-11/h9-11,13H,1-8H2,(H,14,15). The molecule has 2 N–H and O–H groups in total. The van der Waals surface area contributed by atoms with Crippen LogP contribution < -0.4 is 5.32 Å². The van der Waals surface area contributed by atoms with Crippen molar-refractivity contribution in [1.82, 2.24) is 5.32 Å². The van der Waals surface area contributed by atoms with Crippen molar-refractivity contribution in [3.63, 3.8) is 0 Å². The zero-order chi connectivity index (χ0) is 11.4. The first-order chi connectivity index (χ1) is 7.75. The van der Waals surface area contributed by atoms with E-state index in [2.05, 4.69) is 5.32 Å². The number of carboxylic acid groups (broad SMARTS) is 1. The predicted molar refractivity (Wildman–Crippen MR) is 60.4 cm³/mol. The molecule has 2 fully saturated rings. The van der Waals surface area contributed by atoms with Crippen LogP contribution in [0.3, 0.4) is 0 Å². The van der Waals surface area contributed by atoms with E-state index in [4.69, 9.17) is 9.84 Å². The maximum atomic E-state index is 10.9. The fourth-order valence-electron chi connectivity index (χ4n) is 2.77. The molecule has 0 amide bonds. The molecule has 1 aliphatic carbocycles. The van der Waals surface area contributed by atoms with Gasteiger partial charge in [-0.1, -0.05) is 6.42 Å². The number of carboxylic acids is 1. The Hall–Kier alpha value is -0.610. The van der Waals surface area contributed by atoms with Crippen molar-refractivity contribution in [3.8, 4) is 0 Å². The van der Waals surface area contributed by atoms with E-state index >= 15 is 0 Å². The molecule has 1 saturated heterocycles. The average Bonchev–Trinajstić information content (AvgIpc) is 2.30. The highest BCUT2D eigenvalue weighted by molar-refractivity contribution is 5.70. The molecule has 0 aromatic rings. The Bertz CT molecular complexity index is 238. The Morgan fingerprint density at radius 1 is 1.19 bits per heavy atom. The van der Waals surface area contributed by atoms with Crippen molar-refractivity contribution >= 4 is 5.97 Å². The SMILES string of the molecule is O=C(O)C1CCCC(NC2CCCOC2)C1. The van der Waals surface area contributed by atoms with Crippen LogP contribution in [0.15, 0.2) is 0 Å². The van der Waals surface area contributed by atoms with Gasteiger partial charge in [0.2, 0.25) is 0 Å². The lowest BCUT2D eigenvalue weighted by Gasteiger charge is -2.32. The van der Waals surface area contributed by atoms with Crippen molar-refractivity contribution in [2.24, 2.45) is 5.92 Å². The van der Waals surface area contributed by atoms with Gasteiger partial charge >= 0.3 is 5.97 Å². The molecule has 2 rings (SSSR count). The van der Waals surface area contributed by atoms with Crippen molar-refractivity contribution in [1.29, 1.82) is 0 Å². The maximum absolute atomic E-state index is 10.9. The summed E-state index contributed by atoms with van der Waals surface area (Å²) in [5.74, 6) is -0.776. The zero-order valence-electron chi connectivity index (χ0n) is 9.65. The Kier molecular flexibility index (Phi) is 4.18. The molecule has 3 atom stereocenters. The van der Waals surface area contributed by atoms with E-state index in [1.165, 1.54) is 0 Å². The number of ether oxygens (including phenoxy) is 1. The summed E-state index contributed by atoms with van der Waals surface area (Å²) in [5.41, 5.74) is 0. The van der Waals surface area contributed by atoms with E-state index in [9.17, 15) is 4.79 Å². The lowest BCUT2D eigenvalue weighted by atomic mass is 9.85. The first-order valence-electron chi connectivity index (χ1n) is 6.32. The molecule has 4 nitrogen and oxygen atoms in total. The van der Waals surface area contributed by atoms with Crippen molar-refractivity contribution < 1.29 is 14.6 Å². The van der Waals surface area contributed by atoms with Gasteiger partial charge in [0.15, 0.2) is 0 Å². The minimum Gasteiger partial charge on any atom is -0.481 e. The number of nitrogens with one attached hydrogen (secondary N) is 1. The Morgan fingerprint density at radius 3 is 2.69 bits per heavy atom. The maximum Gasteiger partial charge on any atom is 0.306 e. The molecule has 0 aromatic heterocycles. The second-order valence-corrected chi connectivity index (χ2v) is 4.98. The van der Waals surface area contributed by atoms with Gasteiger partial charge < -0.3 is 15.2 Å². The third-order valence-corrected chi connectivity index (χ3v) is 3.66. The summed E-state index contributed by atoms with van der Waals surface area (Å²) < 4.78 is 5.42. The Balaban J connectivity index is 1.78. The normalized spacial score (nSPS) is 35.9. The molecular formula is C12H21NO3. The Morgan fingerprint density at radius 2 is 2.00 bits per heavy atom. The smallest absolute Gasteiger partial charge is 0.306 e. The van der Waals surface area contributed by atoms with E-state index in [1.807, 2.05) is 0 Å². The molecule has 0 spiro atoms. The van der Waals surface area contributed by atoms with Gasteiger partial charge in [-0.25, -0.2) is 0 Å². The van der Waals surface area contributed by atoms with E-state index < -0.39 is 5.97 Å². The zero-order valence-corrected chi connectivity index (χ0v) is 9.65. The lowest BCUT2D eigenvalue weighted by Crippen LogP contribution is -2.45. The second-order valence-electron chi connectivity index (χ2n) is 4.98. The predicted octanol–water partition coefficient (Wildman–Crippen LogP) is 1.40. The first kappa shape index (κ1) is 11.9. The summed E-state index contributed by atoms with van der Waals surface area (Å²) in [7, 11) is 0. The summed E-state index contributed by atoms with van der Waals surface area (Å²) in [5, 5.41) is 12.6. The van der Waals surface area contributed by atoms with E-state index in [-0.39, 0.29) is 5.92 Å². The van der Waals surface area contributed by atoms with E-state index in [1.54, 1.807) is 0 Å². The molecule has 2 aliphatic rings. The molecule has 16 heavy (non-hydrogen) atoms. The molecule has 0 bridgehead atoms. The Labute approximate surface area is 96.4 Å². The average molecular weight is 227 g/mol. The van der Waals surface area contributed by atoms with Crippen molar-refractivity contribution in [2.45, 2.75) is 50.6 Å². The number of hydrogen-bond acceptors (Lipinski definition) is 3. The van der Waals surface area contributed by atoms with Crippen LogP contribution in [0.5, 0.6) is 0 Å². The monoisotopic (exact) mass is 227 g/mol. The minimum atomic E-state index is -0.633. The molecule has 1 saturated carbocycles. The number of aliphatic carboxylic acids is 1. The summed E-state index contributed by atoms with van der Waals surface area (Å²) in [4.78, 5) is 10.9. The highest BCUT2D eigenvalue weighted by Crippen LogP contribution is 2.25. The fourth-order valence-corrected chi connectivity index (χ4v) is 2.77. The van der Waals surface area contributed by atoms with Gasteiger partial charge in [-0.05, 0) is 32.1 Å². The highest BCUT2D eigenvalue weighted by Gasteiger charge is 2.28. The number of rotatable bonds is 3. The van der Waals surface area contributed by atoms with Crippen LogP contribution in [0, 0.1) is 5.92 Å². The van der Waals surface area contributed by atoms with Crippen molar-refractivity contribution in [2.75, 3.05) is 13.2 Å². The first-order valence-corrected chi connectivity index (χ1v) is 6.32. The van der Waals surface area contributed by atoms with Crippen LogP contribution in [0.1, 0.15) is 38.5 Å². The molecule has 3 unspecified atom stereocenters. The summed E-state index contributed by atoms with van der Waals surface area (Å²) in [6.07, 6.45) is 6.05. The van der Waals surface area contributed by atoms with Gasteiger partial charge in [0.1, 0.15) is 0 Å². The van der Waals surface area contributed by atoms with Crippen LogP contribution in [-0.2, 0) is 9.53 Å². The van der Waals surface area contributed by atoms with Gasteiger partial charge in [0, 0.05) is 18.7 Å². The fraction of sp³-hybridized carbons (Fsp3) is 0.917. The number of hydrogen-bond donors (Lipinski definition) is 2. The third-order valence-electron chi connectivity index (χ3n) is 3.66. The van der Waals surface area contributed by atoms with E-state index in [0.29, 0.717) is 12.1 Å². The molecular weight excluding hydrogens is 206 g/mol. The van der Waals surface area contributed by atoms with Crippen LogP contribution >= 0.6 is 0 Å². The third kappa shape index (κ3) is 3.19. The highest BCUT2D eigenvalue weighted by atomic mass is 16.5. The van der Waals surface area contributed by atoms with Crippen LogP contribution in [0.25, 0.3) is 0 Å². The summed E-state index contributed by atoms with van der Waals surface area (Å²) >= 11 is 0. The van der Waals surface area contributed by atoms with Gasteiger partial charge in [0.05, 0.1) is 12.5 Å². The molecule has 0 aromatic carbocycles. The largest absolute Gasteiger partial charge is 0.481 e. The minimum absolute atomic E-state index is 0.143. The summed E-state index contributed by atoms with van der Waals surface area (Å²) in [6.45, 7) is 1.66.